The highest BCUT2D eigenvalue weighted by molar-refractivity contribution is 7.80. The standard InChI is InChI=1S/C16H23N5O7S/c22-15(18-27-10-11-7-13(8-17-11)19-5-1-2-6-19)14-4-3-12-9-20(14)16(23)21(12)28-29(24,25)26/h1-2,5-6,11-14,17H,3-4,7-10H2,(H,18,22)(H,24,25,26)/t11-,12+,13-,14-/m0/s1. The molecule has 0 spiro atoms. The fourth-order valence-electron chi connectivity index (χ4n) is 4.13. The zero-order chi connectivity index (χ0) is 20.6. The number of amides is 3. The second-order valence-electron chi connectivity index (χ2n) is 7.41. The van der Waals surface area contributed by atoms with Crippen LogP contribution >= 0.6 is 0 Å². The molecular weight excluding hydrogens is 406 g/mol. The van der Waals surface area contributed by atoms with Gasteiger partial charge in [0, 0.05) is 37.6 Å². The zero-order valence-corrected chi connectivity index (χ0v) is 16.3. The van der Waals surface area contributed by atoms with E-state index >= 15 is 0 Å². The number of nitrogens with one attached hydrogen (secondary N) is 2. The third kappa shape index (κ3) is 4.38. The van der Waals surface area contributed by atoms with E-state index in [1.807, 2.05) is 24.5 Å². The van der Waals surface area contributed by atoms with Gasteiger partial charge >= 0.3 is 16.4 Å². The van der Waals surface area contributed by atoms with Crippen molar-refractivity contribution in [1.29, 1.82) is 0 Å². The van der Waals surface area contributed by atoms with Crippen molar-refractivity contribution in [3.8, 4) is 0 Å². The topological polar surface area (TPSA) is 142 Å². The lowest BCUT2D eigenvalue weighted by Gasteiger charge is -2.29. The van der Waals surface area contributed by atoms with Gasteiger partial charge in [-0.25, -0.2) is 10.3 Å². The van der Waals surface area contributed by atoms with Crippen LogP contribution in [-0.2, 0) is 24.3 Å². The van der Waals surface area contributed by atoms with Gasteiger partial charge in [0.15, 0.2) is 0 Å². The molecule has 160 valence electrons. The van der Waals surface area contributed by atoms with E-state index < -0.39 is 34.4 Å². The van der Waals surface area contributed by atoms with Gasteiger partial charge < -0.3 is 14.8 Å². The largest absolute Gasteiger partial charge is 0.418 e. The number of aromatic nitrogens is 1. The molecule has 12 nitrogen and oxygen atoms in total. The summed E-state index contributed by atoms with van der Waals surface area (Å²) >= 11 is 0. The van der Waals surface area contributed by atoms with Crippen LogP contribution in [0.25, 0.3) is 0 Å². The Morgan fingerprint density at radius 3 is 2.76 bits per heavy atom. The van der Waals surface area contributed by atoms with Crippen LogP contribution in [0.15, 0.2) is 24.5 Å². The van der Waals surface area contributed by atoms with Crippen molar-refractivity contribution in [3.63, 3.8) is 0 Å². The van der Waals surface area contributed by atoms with Crippen molar-refractivity contribution in [2.24, 2.45) is 0 Å². The first kappa shape index (κ1) is 20.1. The monoisotopic (exact) mass is 429 g/mol. The Bertz CT molecular complexity index is 861. The first-order valence-corrected chi connectivity index (χ1v) is 10.7. The Morgan fingerprint density at radius 2 is 2.03 bits per heavy atom. The van der Waals surface area contributed by atoms with Crippen molar-refractivity contribution in [3.05, 3.63) is 24.5 Å². The Balaban J connectivity index is 1.25. The molecule has 0 unspecified atom stereocenters. The molecule has 3 amide bonds. The number of piperidine rings is 1. The highest BCUT2D eigenvalue weighted by Crippen LogP contribution is 2.30. The summed E-state index contributed by atoms with van der Waals surface area (Å²) in [4.78, 5) is 31.4. The van der Waals surface area contributed by atoms with Crippen LogP contribution in [0.4, 0.5) is 4.79 Å². The van der Waals surface area contributed by atoms with Crippen molar-refractivity contribution in [1.82, 2.24) is 25.3 Å². The Hall–Kier alpha value is -2.19. The lowest BCUT2D eigenvalue weighted by molar-refractivity contribution is -0.139. The molecule has 4 heterocycles. The molecule has 1 aromatic rings. The van der Waals surface area contributed by atoms with Crippen molar-refractivity contribution in [2.75, 3.05) is 19.7 Å². The van der Waals surface area contributed by atoms with Crippen LogP contribution in [0.2, 0.25) is 0 Å². The van der Waals surface area contributed by atoms with Crippen molar-refractivity contribution >= 4 is 22.3 Å². The molecule has 4 atom stereocenters. The summed E-state index contributed by atoms with van der Waals surface area (Å²) in [5.74, 6) is -0.481. The van der Waals surface area contributed by atoms with Gasteiger partial charge in [-0.15, -0.1) is 4.28 Å². The van der Waals surface area contributed by atoms with Crippen molar-refractivity contribution < 1.29 is 31.7 Å². The summed E-state index contributed by atoms with van der Waals surface area (Å²) in [6, 6.07) is 2.25. The normalized spacial score (nSPS) is 29.5. The molecule has 0 aromatic carbocycles. The fraction of sp³-hybridized carbons (Fsp3) is 0.625. The smallest absolute Gasteiger partial charge is 0.350 e. The molecule has 0 saturated carbocycles. The Morgan fingerprint density at radius 1 is 1.28 bits per heavy atom. The van der Waals surface area contributed by atoms with E-state index in [-0.39, 0.29) is 19.2 Å². The first-order chi connectivity index (χ1) is 13.8. The Kier molecular flexibility index (Phi) is 5.48. The van der Waals surface area contributed by atoms with Gasteiger partial charge in [-0.3, -0.25) is 14.2 Å². The number of hydrogen-bond acceptors (Lipinski definition) is 7. The quantitative estimate of drug-likeness (QED) is 0.387. The van der Waals surface area contributed by atoms with E-state index in [4.69, 9.17) is 9.39 Å². The van der Waals surface area contributed by atoms with Gasteiger partial charge in [-0.05, 0) is 31.4 Å². The number of carbonyl (C=O) groups is 2. The predicted molar refractivity (Wildman–Crippen MR) is 97.4 cm³/mol. The van der Waals surface area contributed by atoms with Crippen LogP contribution in [0.3, 0.4) is 0 Å². The third-order valence-electron chi connectivity index (χ3n) is 5.51. The number of carbonyl (C=O) groups excluding carboxylic acids is 2. The van der Waals surface area contributed by atoms with Gasteiger partial charge in [0.25, 0.3) is 5.91 Å². The molecule has 3 N–H and O–H groups in total. The summed E-state index contributed by atoms with van der Waals surface area (Å²) < 4.78 is 37.1. The van der Waals surface area contributed by atoms with E-state index in [1.165, 1.54) is 4.90 Å². The summed E-state index contributed by atoms with van der Waals surface area (Å²) in [7, 11) is -4.82. The first-order valence-electron chi connectivity index (χ1n) is 9.36. The highest BCUT2D eigenvalue weighted by Gasteiger charge is 2.49. The van der Waals surface area contributed by atoms with Crippen LogP contribution < -0.4 is 10.8 Å². The van der Waals surface area contributed by atoms with Gasteiger partial charge in [0.05, 0.1) is 12.6 Å². The molecule has 0 aliphatic carbocycles. The number of nitrogens with zero attached hydrogens (tertiary/aromatic N) is 3. The number of fused-ring (bicyclic) bond motifs is 2. The van der Waals surface area contributed by atoms with E-state index in [0.29, 0.717) is 23.9 Å². The molecule has 0 radical (unpaired) electrons. The van der Waals surface area contributed by atoms with E-state index in [2.05, 4.69) is 19.6 Å². The molecule has 1 aromatic heterocycles. The molecule has 3 saturated heterocycles. The minimum absolute atomic E-state index is 0.0884. The molecular formula is C16H23N5O7S. The van der Waals surface area contributed by atoms with E-state index in [1.54, 1.807) is 0 Å². The molecule has 3 fully saturated rings. The number of urea groups is 1. The molecule has 3 aliphatic rings. The van der Waals surface area contributed by atoms with Gasteiger partial charge in [-0.1, -0.05) is 0 Å². The molecule has 2 bridgehead atoms. The fourth-order valence-corrected chi connectivity index (χ4v) is 4.52. The molecule has 3 aliphatic heterocycles. The highest BCUT2D eigenvalue weighted by atomic mass is 32.3. The van der Waals surface area contributed by atoms with Crippen LogP contribution in [0, 0.1) is 0 Å². The average Bonchev–Trinajstić information content (AvgIpc) is 3.39. The summed E-state index contributed by atoms with van der Waals surface area (Å²) in [5.41, 5.74) is 2.39. The SMILES string of the molecule is O=C(NOC[C@@H]1C[C@H](n2cccc2)CN1)[C@@H]1CC[C@@H]2CN1C(=O)N2OS(=O)(=O)O. The number of hydrogen-bond donors (Lipinski definition) is 3. The minimum Gasteiger partial charge on any atom is -0.350 e. The van der Waals surface area contributed by atoms with Gasteiger partial charge in [-0.2, -0.15) is 13.5 Å². The lowest BCUT2D eigenvalue weighted by atomic mass is 10.0. The maximum atomic E-state index is 12.5. The van der Waals surface area contributed by atoms with Gasteiger partial charge in [0.1, 0.15) is 6.04 Å². The second-order valence-corrected chi connectivity index (χ2v) is 8.42. The van der Waals surface area contributed by atoms with E-state index in [0.717, 1.165) is 13.0 Å². The number of rotatable bonds is 7. The Labute approximate surface area is 167 Å². The molecule has 29 heavy (non-hydrogen) atoms. The third-order valence-corrected chi connectivity index (χ3v) is 5.85. The molecule has 13 heteroatoms. The van der Waals surface area contributed by atoms with Crippen LogP contribution in [-0.4, -0.2) is 77.3 Å². The zero-order valence-electron chi connectivity index (χ0n) is 15.5. The van der Waals surface area contributed by atoms with Crippen LogP contribution in [0.1, 0.15) is 25.3 Å². The minimum atomic E-state index is -4.82. The maximum absolute atomic E-state index is 12.5. The lowest BCUT2D eigenvalue weighted by Crippen LogP contribution is -2.50. The average molecular weight is 429 g/mol. The summed E-state index contributed by atoms with van der Waals surface area (Å²) in [5, 5.41) is 3.95. The second kappa shape index (κ2) is 7.91. The van der Waals surface area contributed by atoms with E-state index in [9.17, 15) is 18.0 Å². The predicted octanol–water partition coefficient (Wildman–Crippen LogP) is -0.558. The summed E-state index contributed by atoms with van der Waals surface area (Å²) in [6.45, 7) is 1.23. The summed E-state index contributed by atoms with van der Waals surface area (Å²) in [6.07, 6.45) is 5.57. The van der Waals surface area contributed by atoms with Crippen molar-refractivity contribution in [2.45, 2.75) is 43.4 Å². The number of hydroxylamine groups is 3. The van der Waals surface area contributed by atoms with Gasteiger partial charge in [0.2, 0.25) is 0 Å². The van der Waals surface area contributed by atoms with Crippen LogP contribution in [0.5, 0.6) is 0 Å². The maximum Gasteiger partial charge on any atom is 0.418 e. The molecule has 4 rings (SSSR count).